The number of nitrogens with one attached hydrogen (secondary N) is 2. The number of aromatic nitrogens is 2. The van der Waals surface area contributed by atoms with E-state index in [1.54, 1.807) is 6.07 Å². The molecule has 0 spiro atoms. The van der Waals surface area contributed by atoms with Gasteiger partial charge in [-0.1, -0.05) is 55.0 Å². The molecule has 0 aliphatic carbocycles. The van der Waals surface area contributed by atoms with Crippen molar-refractivity contribution in [2.75, 3.05) is 11.9 Å². The maximum absolute atomic E-state index is 12.7. The van der Waals surface area contributed by atoms with Crippen molar-refractivity contribution in [1.29, 1.82) is 0 Å². The van der Waals surface area contributed by atoms with Gasteiger partial charge in [-0.2, -0.15) is 0 Å². The van der Waals surface area contributed by atoms with Crippen LogP contribution in [0.5, 0.6) is 5.75 Å². The van der Waals surface area contributed by atoms with E-state index in [1.165, 1.54) is 11.9 Å². The van der Waals surface area contributed by atoms with E-state index >= 15 is 0 Å². The lowest BCUT2D eigenvalue weighted by atomic mass is 10.1. The zero-order chi connectivity index (χ0) is 23.8. The van der Waals surface area contributed by atoms with Crippen LogP contribution in [0.25, 0.3) is 11.3 Å². The first-order valence-electron chi connectivity index (χ1n) is 11.4. The Bertz CT molecular complexity index is 1240. The molecular weight excluding hydrogens is 424 g/mol. The van der Waals surface area contributed by atoms with E-state index in [0.29, 0.717) is 24.5 Å². The Balaban J connectivity index is 1.38. The Morgan fingerprint density at radius 3 is 2.50 bits per heavy atom. The number of nitrogens with zero attached hydrogens (tertiary/aromatic N) is 2. The topological polar surface area (TPSA) is 76.1 Å². The highest BCUT2D eigenvalue weighted by atomic mass is 16.5. The minimum Gasteiger partial charge on any atom is -0.494 e. The molecule has 0 saturated heterocycles. The second-order valence-electron chi connectivity index (χ2n) is 8.04. The number of benzene rings is 3. The zero-order valence-corrected chi connectivity index (χ0v) is 19.4. The van der Waals surface area contributed by atoms with Crippen molar-refractivity contribution < 1.29 is 9.53 Å². The molecule has 0 unspecified atom stereocenters. The van der Waals surface area contributed by atoms with Gasteiger partial charge in [0.1, 0.15) is 17.9 Å². The summed E-state index contributed by atoms with van der Waals surface area (Å²) >= 11 is 0. The number of aryl methyl sites for hydroxylation is 1. The number of hydrogen-bond acceptors (Lipinski definition) is 5. The smallest absolute Gasteiger partial charge is 0.251 e. The van der Waals surface area contributed by atoms with E-state index in [9.17, 15) is 4.79 Å². The number of anilines is 2. The summed E-state index contributed by atoms with van der Waals surface area (Å²) in [5, 5.41) is 6.24. The first-order valence-corrected chi connectivity index (χ1v) is 11.4. The van der Waals surface area contributed by atoms with Gasteiger partial charge in [-0.15, -0.1) is 0 Å². The molecule has 3 aromatic carbocycles. The fourth-order valence-electron chi connectivity index (χ4n) is 3.40. The highest BCUT2D eigenvalue weighted by molar-refractivity contribution is 5.95. The lowest BCUT2D eigenvalue weighted by Gasteiger charge is -2.10. The predicted molar refractivity (Wildman–Crippen MR) is 135 cm³/mol. The second kappa shape index (κ2) is 11.1. The molecule has 4 rings (SSSR count). The molecule has 0 bridgehead atoms. The molecule has 2 N–H and O–H groups in total. The summed E-state index contributed by atoms with van der Waals surface area (Å²) in [4.78, 5) is 21.4. The van der Waals surface area contributed by atoms with Gasteiger partial charge in [0.25, 0.3) is 5.91 Å². The number of ether oxygens (including phenoxy) is 1. The van der Waals surface area contributed by atoms with E-state index < -0.39 is 0 Å². The predicted octanol–water partition coefficient (Wildman–Crippen LogP) is 5.91. The molecule has 1 amide bonds. The lowest BCUT2D eigenvalue weighted by molar-refractivity contribution is 0.0951. The Kier molecular flexibility index (Phi) is 7.50. The normalized spacial score (nSPS) is 10.5. The molecule has 6 nitrogen and oxygen atoms in total. The molecule has 4 aromatic rings. The van der Waals surface area contributed by atoms with Crippen LogP contribution in [0, 0.1) is 6.92 Å². The Labute approximate surface area is 200 Å². The molecule has 1 aromatic heterocycles. The Morgan fingerprint density at radius 1 is 0.941 bits per heavy atom. The Hall–Kier alpha value is -4.19. The van der Waals surface area contributed by atoms with Crippen molar-refractivity contribution >= 4 is 17.4 Å². The molecular formula is C28H28N4O2. The summed E-state index contributed by atoms with van der Waals surface area (Å²) in [6.07, 6.45) is 2.50. The molecule has 0 aliphatic rings. The van der Waals surface area contributed by atoms with Gasteiger partial charge in [-0.25, -0.2) is 9.97 Å². The molecule has 1 heterocycles. The van der Waals surface area contributed by atoms with Crippen LogP contribution in [-0.4, -0.2) is 22.5 Å². The van der Waals surface area contributed by atoms with Crippen molar-refractivity contribution in [2.24, 2.45) is 0 Å². The molecule has 6 heteroatoms. The van der Waals surface area contributed by atoms with E-state index in [1.807, 2.05) is 60.7 Å². The van der Waals surface area contributed by atoms with Gasteiger partial charge in [-0.3, -0.25) is 4.79 Å². The fourth-order valence-corrected chi connectivity index (χ4v) is 3.40. The largest absolute Gasteiger partial charge is 0.494 e. The van der Waals surface area contributed by atoms with Gasteiger partial charge in [-0.05, 0) is 49.2 Å². The van der Waals surface area contributed by atoms with Gasteiger partial charge in [0.05, 0.1) is 12.3 Å². The molecule has 34 heavy (non-hydrogen) atoms. The van der Waals surface area contributed by atoms with E-state index in [0.717, 1.165) is 34.7 Å². The summed E-state index contributed by atoms with van der Waals surface area (Å²) in [7, 11) is 0. The highest BCUT2D eigenvalue weighted by Gasteiger charge is 2.08. The third-order valence-electron chi connectivity index (χ3n) is 5.26. The average Bonchev–Trinajstić information content (AvgIpc) is 2.87. The van der Waals surface area contributed by atoms with Gasteiger partial charge in [0.2, 0.25) is 0 Å². The summed E-state index contributed by atoms with van der Waals surface area (Å²) in [5.74, 6) is 1.36. The first-order chi connectivity index (χ1) is 16.6. The van der Waals surface area contributed by atoms with Crippen LogP contribution in [0.1, 0.15) is 34.8 Å². The average molecular weight is 453 g/mol. The van der Waals surface area contributed by atoms with Crippen LogP contribution in [-0.2, 0) is 6.54 Å². The second-order valence-corrected chi connectivity index (χ2v) is 8.04. The molecule has 0 saturated carbocycles. The van der Waals surface area contributed by atoms with Crippen LogP contribution < -0.4 is 15.4 Å². The maximum atomic E-state index is 12.7. The van der Waals surface area contributed by atoms with E-state index in [4.69, 9.17) is 4.74 Å². The van der Waals surface area contributed by atoms with Crippen molar-refractivity contribution in [2.45, 2.75) is 26.8 Å². The van der Waals surface area contributed by atoms with Gasteiger partial charge in [0.15, 0.2) is 0 Å². The van der Waals surface area contributed by atoms with Gasteiger partial charge < -0.3 is 15.4 Å². The van der Waals surface area contributed by atoms with Crippen molar-refractivity contribution in [3.63, 3.8) is 0 Å². The molecule has 0 atom stereocenters. The number of hydrogen-bond donors (Lipinski definition) is 2. The zero-order valence-electron chi connectivity index (χ0n) is 19.4. The lowest BCUT2D eigenvalue weighted by Crippen LogP contribution is -2.22. The summed E-state index contributed by atoms with van der Waals surface area (Å²) in [6, 6.07) is 25.2. The highest BCUT2D eigenvalue weighted by Crippen LogP contribution is 2.22. The molecule has 0 fully saturated rings. The minimum absolute atomic E-state index is 0.141. The van der Waals surface area contributed by atoms with Crippen molar-refractivity contribution in [1.82, 2.24) is 15.3 Å². The first kappa shape index (κ1) is 23.0. The third-order valence-corrected chi connectivity index (χ3v) is 5.26. The van der Waals surface area contributed by atoms with Crippen LogP contribution in [0.4, 0.5) is 11.5 Å². The number of carbonyl (C=O) groups is 1. The van der Waals surface area contributed by atoms with E-state index in [-0.39, 0.29) is 5.91 Å². The van der Waals surface area contributed by atoms with Crippen LogP contribution in [0.3, 0.4) is 0 Å². The summed E-state index contributed by atoms with van der Waals surface area (Å²) in [5.41, 5.74) is 5.41. The van der Waals surface area contributed by atoms with Crippen LogP contribution >= 0.6 is 0 Å². The maximum Gasteiger partial charge on any atom is 0.251 e. The Morgan fingerprint density at radius 2 is 1.74 bits per heavy atom. The quantitative estimate of drug-likeness (QED) is 0.330. The van der Waals surface area contributed by atoms with Crippen molar-refractivity contribution in [3.05, 3.63) is 102 Å². The SMILES string of the molecule is CCCOc1ccc(CNC(=O)c2cccc(Nc3cc(-c4ccc(C)cc4)ncn3)c2)cc1. The monoisotopic (exact) mass is 452 g/mol. The summed E-state index contributed by atoms with van der Waals surface area (Å²) in [6.45, 7) is 5.27. The minimum atomic E-state index is -0.141. The van der Waals surface area contributed by atoms with Crippen LogP contribution in [0.2, 0.25) is 0 Å². The standard InChI is InChI=1S/C28H28N4O2/c1-3-15-34-25-13-9-21(10-14-25)18-29-28(33)23-5-4-6-24(16-23)32-27-17-26(30-19-31-27)22-11-7-20(2)8-12-22/h4-14,16-17,19H,3,15,18H2,1-2H3,(H,29,33)(H,30,31,32). The molecule has 0 aliphatic heterocycles. The van der Waals surface area contributed by atoms with Gasteiger partial charge >= 0.3 is 0 Å². The van der Waals surface area contributed by atoms with Crippen molar-refractivity contribution in [3.8, 4) is 17.0 Å². The number of carbonyl (C=O) groups excluding carboxylic acids is 1. The fraction of sp³-hybridized carbons (Fsp3) is 0.179. The number of rotatable bonds is 9. The van der Waals surface area contributed by atoms with Crippen LogP contribution in [0.15, 0.2) is 85.2 Å². The molecule has 0 radical (unpaired) electrons. The summed E-state index contributed by atoms with van der Waals surface area (Å²) < 4.78 is 5.60. The molecule has 172 valence electrons. The number of amides is 1. The van der Waals surface area contributed by atoms with Gasteiger partial charge in [0, 0.05) is 29.4 Å². The third kappa shape index (κ3) is 6.19. The van der Waals surface area contributed by atoms with E-state index in [2.05, 4.69) is 46.6 Å².